The van der Waals surface area contributed by atoms with Gasteiger partial charge in [-0.25, -0.2) is 9.18 Å². The molecule has 0 fully saturated rings. The number of halogens is 1. The zero-order valence-corrected chi connectivity index (χ0v) is 7.86. The van der Waals surface area contributed by atoms with Crippen LogP contribution in [0.5, 0.6) is 0 Å². The Labute approximate surface area is 79.9 Å². The Kier molecular flexibility index (Phi) is 3.01. The van der Waals surface area contributed by atoms with E-state index in [0.29, 0.717) is 0 Å². The van der Waals surface area contributed by atoms with Gasteiger partial charge in [0, 0.05) is 12.3 Å². The predicted octanol–water partition coefficient (Wildman–Crippen LogP) is 0.721. The molecule has 1 atom stereocenters. The Hall–Kier alpha value is -1.65. The number of hydrogen-bond donors (Lipinski definition) is 0. The van der Waals surface area contributed by atoms with E-state index in [-0.39, 0.29) is 0 Å². The summed E-state index contributed by atoms with van der Waals surface area (Å²) in [5, 5.41) is 0. The lowest BCUT2D eigenvalue weighted by atomic mass is 10.3. The Bertz CT molecular complexity index is 399. The van der Waals surface area contributed by atoms with Crippen molar-refractivity contribution >= 4 is 5.97 Å². The Morgan fingerprint density at radius 1 is 1.57 bits per heavy atom. The molecule has 5 heteroatoms. The summed E-state index contributed by atoms with van der Waals surface area (Å²) >= 11 is 0. The molecule has 0 radical (unpaired) electrons. The van der Waals surface area contributed by atoms with Gasteiger partial charge in [0.1, 0.15) is 11.9 Å². The van der Waals surface area contributed by atoms with Crippen molar-refractivity contribution in [2.45, 2.75) is 13.0 Å². The third-order valence-electron chi connectivity index (χ3n) is 1.86. The van der Waals surface area contributed by atoms with Crippen molar-refractivity contribution in [2.24, 2.45) is 0 Å². The molecule has 0 saturated carbocycles. The summed E-state index contributed by atoms with van der Waals surface area (Å²) in [6, 6.07) is 1.29. The van der Waals surface area contributed by atoms with Gasteiger partial charge in [0.2, 0.25) is 0 Å². The van der Waals surface area contributed by atoms with Gasteiger partial charge < -0.3 is 4.74 Å². The molecule has 1 aromatic rings. The highest BCUT2D eigenvalue weighted by Crippen LogP contribution is 2.04. The molecule has 0 aromatic carbocycles. The molecule has 0 spiro atoms. The number of carbonyl (C=O) groups excluding carboxylic acids is 1. The van der Waals surface area contributed by atoms with E-state index in [1.807, 2.05) is 0 Å². The van der Waals surface area contributed by atoms with Crippen molar-refractivity contribution in [3.8, 4) is 0 Å². The number of aromatic nitrogens is 1. The average Bonchev–Trinajstić information content (AvgIpc) is 2.19. The molecule has 4 nitrogen and oxygen atoms in total. The summed E-state index contributed by atoms with van der Waals surface area (Å²) in [7, 11) is 1.21. The monoisotopic (exact) mass is 199 g/mol. The molecule has 0 amide bonds. The average molecular weight is 199 g/mol. The second kappa shape index (κ2) is 4.04. The number of hydrogen-bond acceptors (Lipinski definition) is 3. The summed E-state index contributed by atoms with van der Waals surface area (Å²) in [5.41, 5.74) is -0.440. The van der Waals surface area contributed by atoms with E-state index < -0.39 is 23.4 Å². The van der Waals surface area contributed by atoms with Gasteiger partial charge in [-0.1, -0.05) is 0 Å². The number of ether oxygens (including phenoxy) is 1. The maximum Gasteiger partial charge on any atom is 0.328 e. The zero-order valence-electron chi connectivity index (χ0n) is 7.86. The minimum atomic E-state index is -0.816. The molecule has 0 aliphatic carbocycles. The van der Waals surface area contributed by atoms with Crippen LogP contribution < -0.4 is 5.56 Å². The van der Waals surface area contributed by atoms with Gasteiger partial charge in [0.05, 0.1) is 7.11 Å². The molecule has 1 rings (SSSR count). The van der Waals surface area contributed by atoms with E-state index in [1.54, 1.807) is 0 Å². The molecule has 0 saturated heterocycles. The van der Waals surface area contributed by atoms with E-state index in [2.05, 4.69) is 4.74 Å². The maximum atomic E-state index is 12.8. The molecular formula is C9H10FNO3. The van der Waals surface area contributed by atoms with Crippen LogP contribution >= 0.6 is 0 Å². The maximum absolute atomic E-state index is 12.8. The number of carbonyl (C=O) groups is 1. The summed E-state index contributed by atoms with van der Waals surface area (Å²) < 4.78 is 18.2. The molecule has 1 aromatic heterocycles. The highest BCUT2D eigenvalue weighted by atomic mass is 19.1. The highest BCUT2D eigenvalue weighted by molar-refractivity contribution is 5.73. The van der Waals surface area contributed by atoms with Crippen molar-refractivity contribution in [2.75, 3.05) is 7.11 Å². The molecule has 1 heterocycles. The van der Waals surface area contributed by atoms with E-state index >= 15 is 0 Å². The fraction of sp³-hybridized carbons (Fsp3) is 0.333. The highest BCUT2D eigenvalue weighted by Gasteiger charge is 2.16. The largest absolute Gasteiger partial charge is 0.467 e. The quantitative estimate of drug-likeness (QED) is 0.659. The topological polar surface area (TPSA) is 48.3 Å². The van der Waals surface area contributed by atoms with Gasteiger partial charge in [-0.05, 0) is 13.0 Å². The lowest BCUT2D eigenvalue weighted by molar-refractivity contribution is -0.144. The van der Waals surface area contributed by atoms with E-state index in [1.165, 1.54) is 14.0 Å². The Morgan fingerprint density at radius 3 is 2.79 bits per heavy atom. The molecule has 76 valence electrons. The normalized spacial score (nSPS) is 12.2. The summed E-state index contributed by atoms with van der Waals surface area (Å²) in [6.45, 7) is 1.46. The zero-order chi connectivity index (χ0) is 10.7. The molecule has 0 aliphatic rings. The standard InChI is InChI=1S/C9H10FNO3/c1-6(9(13)14-2)11-5-7(10)3-4-8(11)12/h3-6H,1-2H3. The minimum Gasteiger partial charge on any atom is -0.467 e. The molecular weight excluding hydrogens is 189 g/mol. The first-order chi connectivity index (χ1) is 6.56. The second-order valence-electron chi connectivity index (χ2n) is 2.79. The minimum absolute atomic E-state index is 0.440. The van der Waals surface area contributed by atoms with Crippen molar-refractivity contribution in [1.29, 1.82) is 0 Å². The molecule has 0 aliphatic heterocycles. The van der Waals surface area contributed by atoms with Crippen molar-refractivity contribution in [3.63, 3.8) is 0 Å². The van der Waals surface area contributed by atoms with E-state index in [9.17, 15) is 14.0 Å². The summed E-state index contributed by atoms with van der Waals surface area (Å²) in [5.74, 6) is -1.15. The van der Waals surface area contributed by atoms with Crippen molar-refractivity contribution in [3.05, 3.63) is 34.5 Å². The number of pyridine rings is 1. The fourth-order valence-corrected chi connectivity index (χ4v) is 1.06. The van der Waals surface area contributed by atoms with Gasteiger partial charge in [-0.2, -0.15) is 0 Å². The lowest BCUT2D eigenvalue weighted by Gasteiger charge is -2.11. The van der Waals surface area contributed by atoms with Crippen molar-refractivity contribution < 1.29 is 13.9 Å². The number of rotatable bonds is 2. The Morgan fingerprint density at radius 2 is 2.21 bits per heavy atom. The molecule has 0 bridgehead atoms. The van der Waals surface area contributed by atoms with Crippen LogP contribution in [0.4, 0.5) is 4.39 Å². The van der Waals surface area contributed by atoms with Gasteiger partial charge >= 0.3 is 5.97 Å². The molecule has 0 N–H and O–H groups in total. The third-order valence-corrected chi connectivity index (χ3v) is 1.86. The number of methoxy groups -OCH3 is 1. The fourth-order valence-electron chi connectivity index (χ4n) is 1.06. The number of nitrogens with zero attached hydrogens (tertiary/aromatic N) is 1. The van der Waals surface area contributed by atoms with Crippen molar-refractivity contribution in [1.82, 2.24) is 4.57 Å². The first-order valence-electron chi connectivity index (χ1n) is 4.01. The van der Waals surface area contributed by atoms with Gasteiger partial charge in [-0.15, -0.1) is 0 Å². The Balaban J connectivity index is 3.12. The molecule has 14 heavy (non-hydrogen) atoms. The van der Waals surface area contributed by atoms with Crippen LogP contribution in [0.1, 0.15) is 13.0 Å². The van der Waals surface area contributed by atoms with Crippen LogP contribution in [0.2, 0.25) is 0 Å². The first-order valence-corrected chi connectivity index (χ1v) is 4.01. The predicted molar refractivity (Wildman–Crippen MR) is 47.4 cm³/mol. The van der Waals surface area contributed by atoms with Gasteiger partial charge in [-0.3, -0.25) is 9.36 Å². The van der Waals surface area contributed by atoms with Crippen LogP contribution in [-0.2, 0) is 9.53 Å². The van der Waals surface area contributed by atoms with E-state index in [0.717, 1.165) is 22.9 Å². The smallest absolute Gasteiger partial charge is 0.328 e. The second-order valence-corrected chi connectivity index (χ2v) is 2.79. The SMILES string of the molecule is COC(=O)C(C)n1cc(F)ccc1=O. The van der Waals surface area contributed by atoms with Crippen LogP contribution in [0.25, 0.3) is 0 Å². The van der Waals surface area contributed by atoms with Crippen LogP contribution in [-0.4, -0.2) is 17.6 Å². The van der Waals surface area contributed by atoms with Gasteiger partial charge in [0.25, 0.3) is 5.56 Å². The first kappa shape index (κ1) is 10.4. The van der Waals surface area contributed by atoms with Gasteiger partial charge in [0.15, 0.2) is 0 Å². The third kappa shape index (κ3) is 1.99. The van der Waals surface area contributed by atoms with Crippen LogP contribution in [0.3, 0.4) is 0 Å². The summed E-state index contributed by atoms with van der Waals surface area (Å²) in [6.07, 6.45) is 0.976. The number of esters is 1. The van der Waals surface area contributed by atoms with Crippen LogP contribution in [0.15, 0.2) is 23.1 Å². The van der Waals surface area contributed by atoms with Crippen LogP contribution in [0, 0.1) is 5.82 Å². The lowest BCUT2D eigenvalue weighted by Crippen LogP contribution is -2.28. The summed E-state index contributed by atoms with van der Waals surface area (Å²) in [4.78, 5) is 22.3. The molecule has 1 unspecified atom stereocenters. The van der Waals surface area contributed by atoms with E-state index in [4.69, 9.17) is 0 Å².